The smallest absolute Gasteiger partial charge is 0.140 e. The number of hydrogen-bond donors (Lipinski definition) is 2. The van der Waals surface area contributed by atoms with Crippen LogP contribution in [0.1, 0.15) is 5.56 Å². The zero-order valence-corrected chi connectivity index (χ0v) is 13.9. The van der Waals surface area contributed by atoms with Gasteiger partial charge in [0.2, 0.25) is 0 Å². The van der Waals surface area contributed by atoms with E-state index >= 15 is 0 Å². The largest absolute Gasteiger partial charge is 0.496 e. The molecule has 0 saturated heterocycles. The highest BCUT2D eigenvalue weighted by atomic mass is 16.5. The zero-order valence-electron chi connectivity index (χ0n) is 13.9. The van der Waals surface area contributed by atoms with Gasteiger partial charge in [0.15, 0.2) is 0 Å². The van der Waals surface area contributed by atoms with Crippen LogP contribution in [0.5, 0.6) is 5.75 Å². The Balaban J connectivity index is 1.75. The van der Waals surface area contributed by atoms with E-state index in [9.17, 15) is 0 Å². The molecule has 3 aromatic heterocycles. The van der Waals surface area contributed by atoms with Gasteiger partial charge in [-0.2, -0.15) is 0 Å². The number of nitrogens with zero attached hydrogens (tertiary/aromatic N) is 2. The lowest BCUT2D eigenvalue weighted by Gasteiger charge is -2.12. The number of fused-ring (bicyclic) bond motifs is 1. The standard InChI is InChI=1S/C20H18N4O/c1-25-18-7-3-2-6-15(18)17-11-19(24-20-16(17)8-10-22-20)23-13-14-5-4-9-21-12-14/h2-12H,13H2,1H3,(H2,22,23,24). The van der Waals surface area contributed by atoms with Crippen LogP contribution in [0.25, 0.3) is 22.2 Å². The summed E-state index contributed by atoms with van der Waals surface area (Å²) in [7, 11) is 1.69. The maximum absolute atomic E-state index is 5.54. The van der Waals surface area contributed by atoms with Gasteiger partial charge in [0, 0.05) is 41.6 Å². The molecule has 0 aliphatic rings. The Hall–Kier alpha value is -3.34. The molecule has 0 aliphatic heterocycles. The molecule has 0 amide bonds. The number of aromatic amines is 1. The summed E-state index contributed by atoms with van der Waals surface area (Å²) >= 11 is 0. The number of hydrogen-bond acceptors (Lipinski definition) is 4. The average molecular weight is 330 g/mol. The number of pyridine rings is 2. The summed E-state index contributed by atoms with van der Waals surface area (Å²) in [5.41, 5.74) is 4.07. The third-order valence-corrected chi connectivity index (χ3v) is 4.12. The molecule has 0 saturated carbocycles. The molecule has 124 valence electrons. The second kappa shape index (κ2) is 6.65. The first kappa shape index (κ1) is 15.2. The Kier molecular flexibility index (Phi) is 4.04. The van der Waals surface area contributed by atoms with Crippen molar-refractivity contribution < 1.29 is 4.74 Å². The lowest BCUT2D eigenvalue weighted by Crippen LogP contribution is -2.02. The van der Waals surface area contributed by atoms with Crippen molar-refractivity contribution in [2.75, 3.05) is 12.4 Å². The minimum absolute atomic E-state index is 0.665. The van der Waals surface area contributed by atoms with E-state index in [4.69, 9.17) is 4.74 Å². The van der Waals surface area contributed by atoms with Crippen molar-refractivity contribution in [3.8, 4) is 16.9 Å². The van der Waals surface area contributed by atoms with Crippen LogP contribution in [0.15, 0.2) is 67.1 Å². The maximum Gasteiger partial charge on any atom is 0.140 e. The van der Waals surface area contributed by atoms with Crippen LogP contribution >= 0.6 is 0 Å². The SMILES string of the molecule is COc1ccccc1-c1cc(NCc2cccnc2)nc2[nH]ccc12. The van der Waals surface area contributed by atoms with Gasteiger partial charge in [-0.3, -0.25) is 4.98 Å². The number of H-pyrrole nitrogens is 1. The van der Waals surface area contributed by atoms with Crippen LogP contribution in [0.2, 0.25) is 0 Å². The molecule has 4 rings (SSSR count). The highest BCUT2D eigenvalue weighted by Crippen LogP contribution is 2.35. The fourth-order valence-electron chi connectivity index (χ4n) is 2.91. The fourth-order valence-corrected chi connectivity index (χ4v) is 2.91. The Bertz CT molecular complexity index is 995. The Morgan fingerprint density at radius 1 is 1.08 bits per heavy atom. The van der Waals surface area contributed by atoms with E-state index < -0.39 is 0 Å². The molecule has 0 spiro atoms. The second-order valence-electron chi connectivity index (χ2n) is 5.71. The summed E-state index contributed by atoms with van der Waals surface area (Å²) < 4.78 is 5.54. The van der Waals surface area contributed by atoms with Gasteiger partial charge in [-0.25, -0.2) is 4.98 Å². The summed E-state index contributed by atoms with van der Waals surface area (Å²) in [5, 5.41) is 4.44. The van der Waals surface area contributed by atoms with Crippen molar-refractivity contribution in [3.05, 3.63) is 72.7 Å². The molecule has 0 bridgehead atoms. The number of nitrogens with one attached hydrogen (secondary N) is 2. The van der Waals surface area contributed by atoms with Gasteiger partial charge in [0.25, 0.3) is 0 Å². The van der Waals surface area contributed by atoms with E-state index in [-0.39, 0.29) is 0 Å². The predicted octanol–water partition coefficient (Wildman–Crippen LogP) is 4.25. The van der Waals surface area contributed by atoms with Crippen LogP contribution in [-0.4, -0.2) is 22.1 Å². The number of aromatic nitrogens is 3. The minimum atomic E-state index is 0.665. The molecular formula is C20H18N4O. The summed E-state index contributed by atoms with van der Waals surface area (Å²) in [5.74, 6) is 1.65. The first-order chi connectivity index (χ1) is 12.3. The average Bonchev–Trinajstić information content (AvgIpc) is 3.15. The van der Waals surface area contributed by atoms with Crippen LogP contribution < -0.4 is 10.1 Å². The monoisotopic (exact) mass is 330 g/mol. The van der Waals surface area contributed by atoms with Gasteiger partial charge in [0.05, 0.1) is 7.11 Å². The summed E-state index contributed by atoms with van der Waals surface area (Å²) in [6.07, 6.45) is 5.52. The molecule has 25 heavy (non-hydrogen) atoms. The van der Waals surface area contributed by atoms with Crippen molar-refractivity contribution in [2.24, 2.45) is 0 Å². The van der Waals surface area contributed by atoms with Crippen molar-refractivity contribution in [3.63, 3.8) is 0 Å². The number of ether oxygens (including phenoxy) is 1. The van der Waals surface area contributed by atoms with E-state index in [1.165, 1.54) is 0 Å². The van der Waals surface area contributed by atoms with E-state index in [2.05, 4.69) is 32.4 Å². The summed E-state index contributed by atoms with van der Waals surface area (Å²) in [6.45, 7) is 0.665. The van der Waals surface area contributed by atoms with Gasteiger partial charge in [0.1, 0.15) is 17.2 Å². The van der Waals surface area contributed by atoms with Gasteiger partial charge >= 0.3 is 0 Å². The molecule has 0 unspecified atom stereocenters. The normalized spacial score (nSPS) is 10.8. The van der Waals surface area contributed by atoms with Crippen molar-refractivity contribution >= 4 is 16.9 Å². The van der Waals surface area contributed by atoms with Crippen molar-refractivity contribution in [2.45, 2.75) is 6.54 Å². The number of para-hydroxylation sites is 1. The highest BCUT2D eigenvalue weighted by molar-refractivity contribution is 5.96. The quantitative estimate of drug-likeness (QED) is 0.574. The molecule has 0 atom stereocenters. The second-order valence-corrected chi connectivity index (χ2v) is 5.71. The Labute approximate surface area is 145 Å². The first-order valence-electron chi connectivity index (χ1n) is 8.09. The Morgan fingerprint density at radius 2 is 2.00 bits per heavy atom. The van der Waals surface area contributed by atoms with E-state index in [0.717, 1.165) is 39.3 Å². The van der Waals surface area contributed by atoms with Crippen LogP contribution in [0.3, 0.4) is 0 Å². The number of anilines is 1. The molecule has 0 fully saturated rings. The van der Waals surface area contributed by atoms with E-state index in [1.807, 2.05) is 48.8 Å². The Morgan fingerprint density at radius 3 is 2.84 bits per heavy atom. The van der Waals surface area contributed by atoms with Gasteiger partial charge < -0.3 is 15.0 Å². The molecular weight excluding hydrogens is 312 g/mol. The topological polar surface area (TPSA) is 62.8 Å². The van der Waals surface area contributed by atoms with Crippen LogP contribution in [0.4, 0.5) is 5.82 Å². The van der Waals surface area contributed by atoms with Crippen LogP contribution in [0, 0.1) is 0 Å². The summed E-state index contributed by atoms with van der Waals surface area (Å²) in [6, 6.07) is 16.1. The molecule has 0 radical (unpaired) electrons. The highest BCUT2D eigenvalue weighted by Gasteiger charge is 2.12. The zero-order chi connectivity index (χ0) is 17.1. The molecule has 5 heteroatoms. The number of methoxy groups -OCH3 is 1. The molecule has 0 aliphatic carbocycles. The maximum atomic E-state index is 5.54. The predicted molar refractivity (Wildman–Crippen MR) is 99.6 cm³/mol. The summed E-state index contributed by atoms with van der Waals surface area (Å²) in [4.78, 5) is 12.0. The molecule has 1 aromatic carbocycles. The van der Waals surface area contributed by atoms with Crippen molar-refractivity contribution in [1.82, 2.24) is 15.0 Å². The number of rotatable bonds is 5. The third-order valence-electron chi connectivity index (χ3n) is 4.12. The van der Waals surface area contributed by atoms with E-state index in [0.29, 0.717) is 6.54 Å². The molecule has 4 aromatic rings. The lowest BCUT2D eigenvalue weighted by molar-refractivity contribution is 0.416. The first-order valence-corrected chi connectivity index (χ1v) is 8.09. The molecule has 2 N–H and O–H groups in total. The molecule has 3 heterocycles. The van der Waals surface area contributed by atoms with E-state index in [1.54, 1.807) is 13.3 Å². The van der Waals surface area contributed by atoms with Gasteiger partial charge in [-0.05, 0) is 29.8 Å². The van der Waals surface area contributed by atoms with Gasteiger partial charge in [-0.1, -0.05) is 24.3 Å². The van der Waals surface area contributed by atoms with Crippen LogP contribution in [-0.2, 0) is 6.54 Å². The minimum Gasteiger partial charge on any atom is -0.496 e. The lowest BCUT2D eigenvalue weighted by atomic mass is 10.0. The molecule has 5 nitrogen and oxygen atoms in total. The van der Waals surface area contributed by atoms with Gasteiger partial charge in [-0.15, -0.1) is 0 Å². The third kappa shape index (κ3) is 3.04. The number of benzene rings is 1. The van der Waals surface area contributed by atoms with Crippen molar-refractivity contribution in [1.29, 1.82) is 0 Å². The fraction of sp³-hybridized carbons (Fsp3) is 0.100.